The molecular formula is C19H23ClN2O. The van der Waals surface area contributed by atoms with Crippen LogP contribution in [0, 0.1) is 0 Å². The van der Waals surface area contributed by atoms with Crippen molar-refractivity contribution in [2.24, 2.45) is 0 Å². The van der Waals surface area contributed by atoms with Crippen molar-refractivity contribution >= 4 is 18.3 Å². The molecular weight excluding hydrogens is 308 g/mol. The van der Waals surface area contributed by atoms with Gasteiger partial charge in [-0.1, -0.05) is 36.4 Å². The highest BCUT2D eigenvalue weighted by Crippen LogP contribution is 2.20. The summed E-state index contributed by atoms with van der Waals surface area (Å²) in [5, 5.41) is 3.32. The number of carbonyl (C=O) groups excluding carboxylic acids is 1. The van der Waals surface area contributed by atoms with Crippen LogP contribution < -0.4 is 5.32 Å². The van der Waals surface area contributed by atoms with Gasteiger partial charge in [0.1, 0.15) is 0 Å². The Labute approximate surface area is 144 Å². The zero-order valence-electron chi connectivity index (χ0n) is 13.6. The number of rotatable bonds is 4. The van der Waals surface area contributed by atoms with Gasteiger partial charge in [0.25, 0.3) is 5.91 Å². The second kappa shape index (κ2) is 7.62. The molecule has 0 saturated heterocycles. The third-order valence-electron chi connectivity index (χ3n) is 4.16. The Bertz CT molecular complexity index is 670. The molecule has 1 amide bonds. The number of amides is 1. The van der Waals surface area contributed by atoms with Gasteiger partial charge >= 0.3 is 0 Å². The Morgan fingerprint density at radius 2 is 1.78 bits per heavy atom. The Kier molecular flexibility index (Phi) is 5.80. The van der Waals surface area contributed by atoms with E-state index in [0.717, 1.165) is 24.2 Å². The average Bonchev–Trinajstić information content (AvgIpc) is 3.00. The number of nitrogens with one attached hydrogen (secondary N) is 1. The van der Waals surface area contributed by atoms with Gasteiger partial charge in [-0.2, -0.15) is 0 Å². The molecule has 0 fully saturated rings. The zero-order valence-corrected chi connectivity index (χ0v) is 14.4. The highest BCUT2D eigenvalue weighted by atomic mass is 35.5. The molecule has 1 aliphatic heterocycles. The Morgan fingerprint density at radius 1 is 1.09 bits per heavy atom. The fourth-order valence-electron chi connectivity index (χ4n) is 2.86. The largest absolute Gasteiger partial charge is 0.332 e. The maximum Gasteiger partial charge on any atom is 0.254 e. The van der Waals surface area contributed by atoms with E-state index < -0.39 is 0 Å². The predicted molar refractivity (Wildman–Crippen MR) is 95.7 cm³/mol. The number of hydrogen-bond acceptors (Lipinski definition) is 2. The summed E-state index contributed by atoms with van der Waals surface area (Å²) in [4.78, 5) is 14.8. The third kappa shape index (κ3) is 3.92. The molecule has 0 radical (unpaired) electrons. The summed E-state index contributed by atoms with van der Waals surface area (Å²) in [6.45, 7) is 6.54. The van der Waals surface area contributed by atoms with Crippen molar-refractivity contribution in [3.63, 3.8) is 0 Å². The quantitative estimate of drug-likeness (QED) is 0.925. The van der Waals surface area contributed by atoms with Gasteiger partial charge in [-0.3, -0.25) is 4.79 Å². The standard InChI is InChI=1S/C19H22N2O.ClH/c1-14(2)21(13-15-6-4-3-5-7-15)19(22)16-8-9-17-11-20-12-18(17)10-16;/h3-10,14,20H,11-13H2,1-2H3;1H. The van der Waals surface area contributed by atoms with Crippen molar-refractivity contribution in [3.05, 3.63) is 70.8 Å². The van der Waals surface area contributed by atoms with E-state index in [2.05, 4.69) is 37.4 Å². The zero-order chi connectivity index (χ0) is 15.5. The van der Waals surface area contributed by atoms with Gasteiger partial charge in [-0.15, -0.1) is 12.4 Å². The Hall–Kier alpha value is -1.84. The first kappa shape index (κ1) is 17.5. The second-order valence-corrected chi connectivity index (χ2v) is 6.10. The lowest BCUT2D eigenvalue weighted by molar-refractivity contribution is 0.0690. The van der Waals surface area contributed by atoms with Crippen molar-refractivity contribution < 1.29 is 4.79 Å². The molecule has 1 N–H and O–H groups in total. The van der Waals surface area contributed by atoms with Gasteiger partial charge in [0.15, 0.2) is 0 Å². The van der Waals surface area contributed by atoms with E-state index >= 15 is 0 Å². The molecule has 0 saturated carbocycles. The fourth-order valence-corrected chi connectivity index (χ4v) is 2.86. The number of halogens is 1. The lowest BCUT2D eigenvalue weighted by Gasteiger charge is -2.27. The van der Waals surface area contributed by atoms with Crippen LogP contribution in [0.25, 0.3) is 0 Å². The van der Waals surface area contributed by atoms with Crippen LogP contribution in [0.1, 0.15) is 40.9 Å². The van der Waals surface area contributed by atoms with Crippen LogP contribution in [0.3, 0.4) is 0 Å². The van der Waals surface area contributed by atoms with Gasteiger partial charge in [0, 0.05) is 31.2 Å². The number of nitrogens with zero attached hydrogens (tertiary/aromatic N) is 1. The van der Waals surface area contributed by atoms with Crippen molar-refractivity contribution in [2.75, 3.05) is 0 Å². The van der Waals surface area contributed by atoms with Crippen LogP contribution in [-0.4, -0.2) is 16.8 Å². The molecule has 3 rings (SSSR count). The summed E-state index contributed by atoms with van der Waals surface area (Å²) in [6.07, 6.45) is 0. The second-order valence-electron chi connectivity index (χ2n) is 6.10. The lowest BCUT2D eigenvalue weighted by Crippen LogP contribution is -2.36. The minimum atomic E-state index is 0. The molecule has 4 heteroatoms. The summed E-state index contributed by atoms with van der Waals surface area (Å²) < 4.78 is 0. The first-order valence-corrected chi connectivity index (χ1v) is 7.82. The van der Waals surface area contributed by atoms with Gasteiger partial charge in [-0.25, -0.2) is 0 Å². The highest BCUT2D eigenvalue weighted by molar-refractivity contribution is 5.94. The van der Waals surface area contributed by atoms with Crippen molar-refractivity contribution in [1.82, 2.24) is 10.2 Å². The molecule has 0 unspecified atom stereocenters. The fraction of sp³-hybridized carbons (Fsp3) is 0.316. The van der Waals surface area contributed by atoms with Crippen LogP contribution in [0.4, 0.5) is 0 Å². The minimum absolute atomic E-state index is 0. The molecule has 0 atom stereocenters. The van der Waals surface area contributed by atoms with E-state index in [-0.39, 0.29) is 24.4 Å². The lowest BCUT2D eigenvalue weighted by atomic mass is 10.0. The van der Waals surface area contributed by atoms with E-state index in [9.17, 15) is 4.79 Å². The van der Waals surface area contributed by atoms with Crippen LogP contribution in [0.5, 0.6) is 0 Å². The molecule has 122 valence electrons. The van der Waals surface area contributed by atoms with Gasteiger partial charge < -0.3 is 10.2 Å². The molecule has 23 heavy (non-hydrogen) atoms. The van der Waals surface area contributed by atoms with Crippen molar-refractivity contribution in [1.29, 1.82) is 0 Å². The van der Waals surface area contributed by atoms with Crippen molar-refractivity contribution in [3.8, 4) is 0 Å². The van der Waals surface area contributed by atoms with E-state index in [1.165, 1.54) is 11.1 Å². The predicted octanol–water partition coefficient (Wildman–Crippen LogP) is 3.76. The first-order chi connectivity index (χ1) is 10.6. The normalized spacial score (nSPS) is 12.7. The maximum absolute atomic E-state index is 12.9. The number of hydrogen-bond donors (Lipinski definition) is 1. The Balaban J connectivity index is 0.00000192. The third-order valence-corrected chi connectivity index (χ3v) is 4.16. The van der Waals surface area contributed by atoms with E-state index in [1.54, 1.807) is 0 Å². The summed E-state index contributed by atoms with van der Waals surface area (Å²) in [6, 6.07) is 16.4. The topological polar surface area (TPSA) is 32.3 Å². The van der Waals surface area contributed by atoms with Crippen molar-refractivity contribution in [2.45, 2.75) is 39.5 Å². The maximum atomic E-state index is 12.9. The molecule has 0 aliphatic carbocycles. The molecule has 3 nitrogen and oxygen atoms in total. The molecule has 0 spiro atoms. The molecule has 0 bridgehead atoms. The highest BCUT2D eigenvalue weighted by Gasteiger charge is 2.21. The summed E-state index contributed by atoms with van der Waals surface area (Å²) in [5.41, 5.74) is 4.49. The molecule has 2 aromatic carbocycles. The van der Waals surface area contributed by atoms with Gasteiger partial charge in [-0.05, 0) is 42.7 Å². The average molecular weight is 331 g/mol. The van der Waals surface area contributed by atoms with E-state index in [0.29, 0.717) is 6.54 Å². The van der Waals surface area contributed by atoms with Crippen LogP contribution in [0.15, 0.2) is 48.5 Å². The number of carbonyl (C=O) groups is 1. The SMILES string of the molecule is CC(C)N(Cc1ccccc1)C(=O)c1ccc2c(c1)CNC2.Cl. The summed E-state index contributed by atoms with van der Waals surface area (Å²) >= 11 is 0. The first-order valence-electron chi connectivity index (χ1n) is 7.82. The number of benzene rings is 2. The van der Waals surface area contributed by atoms with Gasteiger partial charge in [0.05, 0.1) is 0 Å². The monoisotopic (exact) mass is 330 g/mol. The minimum Gasteiger partial charge on any atom is -0.332 e. The van der Waals surface area contributed by atoms with Crippen LogP contribution >= 0.6 is 12.4 Å². The number of fused-ring (bicyclic) bond motifs is 1. The Morgan fingerprint density at radius 3 is 2.48 bits per heavy atom. The van der Waals surface area contributed by atoms with Crippen LogP contribution in [-0.2, 0) is 19.6 Å². The summed E-state index contributed by atoms with van der Waals surface area (Å²) in [7, 11) is 0. The molecule has 1 heterocycles. The molecule has 0 aromatic heterocycles. The van der Waals surface area contributed by atoms with E-state index in [1.807, 2.05) is 35.2 Å². The van der Waals surface area contributed by atoms with Crippen LogP contribution in [0.2, 0.25) is 0 Å². The van der Waals surface area contributed by atoms with Gasteiger partial charge in [0.2, 0.25) is 0 Å². The molecule has 1 aliphatic rings. The summed E-state index contributed by atoms with van der Waals surface area (Å²) in [5.74, 6) is 0.105. The smallest absolute Gasteiger partial charge is 0.254 e. The van der Waals surface area contributed by atoms with E-state index in [4.69, 9.17) is 0 Å². The molecule has 2 aromatic rings.